The highest BCUT2D eigenvalue weighted by molar-refractivity contribution is 7.93. The van der Waals surface area contributed by atoms with Crippen molar-refractivity contribution in [2.45, 2.75) is 37.4 Å². The number of rotatable bonds is 8. The lowest BCUT2D eigenvalue weighted by atomic mass is 10.0. The van der Waals surface area contributed by atoms with Crippen molar-refractivity contribution in [3.63, 3.8) is 0 Å². The van der Waals surface area contributed by atoms with Gasteiger partial charge in [0.2, 0.25) is 15.9 Å². The Morgan fingerprint density at radius 1 is 1.23 bits per heavy atom. The Bertz CT molecular complexity index is 1190. The molecule has 1 aliphatic carbocycles. The molecule has 0 radical (unpaired) electrons. The van der Waals surface area contributed by atoms with E-state index < -0.39 is 15.9 Å². The SMILES string of the molecule is CCC(C(=O)Nc1ccc(-c2cncc(Cl)c2)cc1)c1csc(NS(=O)(=O)C2CC2)n1. The van der Waals surface area contributed by atoms with Gasteiger partial charge in [-0.15, -0.1) is 11.3 Å². The maximum atomic E-state index is 12.8. The molecule has 7 nitrogen and oxygen atoms in total. The number of sulfonamides is 1. The third kappa shape index (κ3) is 5.23. The number of benzene rings is 1. The molecular formula is C21H21ClN4O3S2. The van der Waals surface area contributed by atoms with E-state index in [0.717, 1.165) is 11.1 Å². The van der Waals surface area contributed by atoms with Crippen LogP contribution in [0.1, 0.15) is 37.8 Å². The summed E-state index contributed by atoms with van der Waals surface area (Å²) >= 11 is 7.19. The standard InChI is InChI=1S/C21H21ClN4O3S2/c1-2-18(19-12-30-21(25-19)26-31(28,29)17-7-8-17)20(27)24-16-5-3-13(4-6-16)14-9-15(22)11-23-10-14/h3-6,9-12,17-18H,2,7-8H2,1H3,(H,24,27)(H,25,26). The highest BCUT2D eigenvalue weighted by Crippen LogP contribution is 2.32. The predicted molar refractivity (Wildman–Crippen MR) is 124 cm³/mol. The molecule has 2 aromatic heterocycles. The summed E-state index contributed by atoms with van der Waals surface area (Å²) in [6.07, 6.45) is 5.20. The Kier molecular flexibility index (Phi) is 6.27. The summed E-state index contributed by atoms with van der Waals surface area (Å²) in [4.78, 5) is 21.3. The van der Waals surface area contributed by atoms with Gasteiger partial charge in [-0.05, 0) is 43.0 Å². The van der Waals surface area contributed by atoms with Gasteiger partial charge >= 0.3 is 0 Å². The van der Waals surface area contributed by atoms with Gasteiger partial charge < -0.3 is 5.32 Å². The molecule has 1 aromatic carbocycles. The number of hydrogen-bond acceptors (Lipinski definition) is 6. The van der Waals surface area contributed by atoms with Crippen LogP contribution in [0.15, 0.2) is 48.1 Å². The molecule has 31 heavy (non-hydrogen) atoms. The second-order valence-electron chi connectivity index (χ2n) is 7.34. The van der Waals surface area contributed by atoms with Crippen LogP contribution in [0.4, 0.5) is 10.8 Å². The fourth-order valence-electron chi connectivity index (χ4n) is 3.15. The third-order valence-corrected chi connectivity index (χ3v) is 7.93. The Hall–Kier alpha value is -2.49. The first-order valence-electron chi connectivity index (χ1n) is 9.84. The second kappa shape index (κ2) is 8.94. The largest absolute Gasteiger partial charge is 0.326 e. The first kappa shape index (κ1) is 21.7. The normalized spacial score (nSPS) is 14.8. The first-order chi connectivity index (χ1) is 14.9. The summed E-state index contributed by atoms with van der Waals surface area (Å²) in [6, 6.07) is 9.23. The maximum Gasteiger partial charge on any atom is 0.237 e. The Balaban J connectivity index is 1.43. The van der Waals surface area contributed by atoms with Crippen LogP contribution < -0.4 is 10.0 Å². The van der Waals surface area contributed by atoms with Gasteiger partial charge in [-0.1, -0.05) is 30.7 Å². The van der Waals surface area contributed by atoms with E-state index in [1.54, 1.807) is 17.8 Å². The van der Waals surface area contributed by atoms with Crippen molar-refractivity contribution in [3.05, 3.63) is 58.8 Å². The van der Waals surface area contributed by atoms with E-state index in [-0.39, 0.29) is 11.2 Å². The monoisotopic (exact) mass is 476 g/mol. The van der Waals surface area contributed by atoms with E-state index in [2.05, 4.69) is 20.0 Å². The van der Waals surface area contributed by atoms with Gasteiger partial charge in [-0.3, -0.25) is 14.5 Å². The van der Waals surface area contributed by atoms with Gasteiger partial charge in [0.25, 0.3) is 0 Å². The molecule has 0 bridgehead atoms. The van der Waals surface area contributed by atoms with Crippen LogP contribution in [0.25, 0.3) is 11.1 Å². The third-order valence-electron chi connectivity index (χ3n) is 4.99. The number of carbonyl (C=O) groups is 1. The minimum atomic E-state index is -3.37. The molecule has 2 heterocycles. The number of nitrogens with one attached hydrogen (secondary N) is 2. The molecule has 2 N–H and O–H groups in total. The van der Waals surface area contributed by atoms with E-state index in [1.807, 2.05) is 37.3 Å². The van der Waals surface area contributed by atoms with Crippen molar-refractivity contribution in [1.82, 2.24) is 9.97 Å². The number of hydrogen-bond donors (Lipinski definition) is 2. The van der Waals surface area contributed by atoms with Crippen LogP contribution >= 0.6 is 22.9 Å². The summed E-state index contributed by atoms with van der Waals surface area (Å²) in [7, 11) is -3.37. The minimum absolute atomic E-state index is 0.193. The van der Waals surface area contributed by atoms with Crippen LogP contribution in [0, 0.1) is 0 Å². The number of amides is 1. The zero-order valence-electron chi connectivity index (χ0n) is 16.7. The van der Waals surface area contributed by atoms with Crippen molar-refractivity contribution >= 4 is 49.7 Å². The molecule has 1 saturated carbocycles. The number of carbonyl (C=O) groups excluding carboxylic acids is 1. The van der Waals surface area contributed by atoms with E-state index in [0.29, 0.717) is 40.8 Å². The van der Waals surface area contributed by atoms with Gasteiger partial charge in [0.05, 0.1) is 21.9 Å². The Morgan fingerprint density at radius 3 is 2.61 bits per heavy atom. The molecule has 1 atom stereocenters. The second-order valence-corrected chi connectivity index (χ2v) is 10.6. The molecule has 4 rings (SSSR count). The highest BCUT2D eigenvalue weighted by Gasteiger charge is 2.36. The molecule has 0 spiro atoms. The van der Waals surface area contributed by atoms with Crippen LogP contribution in [-0.4, -0.2) is 29.5 Å². The zero-order valence-corrected chi connectivity index (χ0v) is 19.1. The molecule has 3 aromatic rings. The first-order valence-corrected chi connectivity index (χ1v) is 12.6. The van der Waals surface area contributed by atoms with Gasteiger partial charge in [0.15, 0.2) is 5.13 Å². The van der Waals surface area contributed by atoms with Crippen LogP contribution in [0.5, 0.6) is 0 Å². The highest BCUT2D eigenvalue weighted by atomic mass is 35.5. The van der Waals surface area contributed by atoms with Crippen LogP contribution in [0.2, 0.25) is 5.02 Å². The average molecular weight is 477 g/mol. The van der Waals surface area contributed by atoms with E-state index >= 15 is 0 Å². The molecule has 0 aliphatic heterocycles. The molecule has 162 valence electrons. The van der Waals surface area contributed by atoms with Gasteiger partial charge in [0, 0.05) is 29.0 Å². The van der Waals surface area contributed by atoms with Crippen molar-refractivity contribution in [3.8, 4) is 11.1 Å². The fraction of sp³-hybridized carbons (Fsp3) is 0.286. The van der Waals surface area contributed by atoms with Crippen LogP contribution in [0.3, 0.4) is 0 Å². The number of anilines is 2. The lowest BCUT2D eigenvalue weighted by molar-refractivity contribution is -0.117. The van der Waals surface area contributed by atoms with Gasteiger partial charge in [-0.25, -0.2) is 13.4 Å². The maximum absolute atomic E-state index is 12.8. The lowest BCUT2D eigenvalue weighted by Gasteiger charge is -2.13. The van der Waals surface area contributed by atoms with E-state index in [9.17, 15) is 13.2 Å². The lowest BCUT2D eigenvalue weighted by Crippen LogP contribution is -2.21. The molecule has 0 saturated heterocycles. The average Bonchev–Trinajstić information content (AvgIpc) is 3.51. The Morgan fingerprint density at radius 2 is 1.97 bits per heavy atom. The van der Waals surface area contributed by atoms with Crippen LogP contribution in [-0.2, 0) is 14.8 Å². The summed E-state index contributed by atoms with van der Waals surface area (Å²) < 4.78 is 26.7. The van der Waals surface area contributed by atoms with Gasteiger partial charge in [0.1, 0.15) is 0 Å². The molecular weight excluding hydrogens is 456 g/mol. The molecule has 10 heteroatoms. The topological polar surface area (TPSA) is 101 Å². The minimum Gasteiger partial charge on any atom is -0.326 e. The van der Waals surface area contributed by atoms with E-state index in [4.69, 9.17) is 11.6 Å². The van der Waals surface area contributed by atoms with E-state index in [1.165, 1.54) is 11.3 Å². The Labute approximate surface area is 189 Å². The summed E-state index contributed by atoms with van der Waals surface area (Å²) in [5.41, 5.74) is 3.04. The summed E-state index contributed by atoms with van der Waals surface area (Å²) in [5.74, 6) is -0.672. The number of aromatic nitrogens is 2. The summed E-state index contributed by atoms with van der Waals surface area (Å²) in [5, 5.41) is 5.18. The molecule has 1 amide bonds. The van der Waals surface area contributed by atoms with Crippen molar-refractivity contribution in [2.75, 3.05) is 10.0 Å². The van der Waals surface area contributed by atoms with Crippen molar-refractivity contribution in [1.29, 1.82) is 0 Å². The predicted octanol–water partition coefficient (Wildman–Crippen LogP) is 4.89. The van der Waals surface area contributed by atoms with Gasteiger partial charge in [-0.2, -0.15) is 0 Å². The number of thiazole rings is 1. The fourth-order valence-corrected chi connectivity index (χ4v) is 5.69. The quantitative estimate of drug-likeness (QED) is 0.481. The number of pyridine rings is 1. The smallest absolute Gasteiger partial charge is 0.237 e. The van der Waals surface area contributed by atoms with Crippen molar-refractivity contribution in [2.24, 2.45) is 0 Å². The molecule has 1 aliphatic rings. The number of nitrogens with zero attached hydrogens (tertiary/aromatic N) is 2. The van der Waals surface area contributed by atoms with Crippen molar-refractivity contribution < 1.29 is 13.2 Å². The number of halogens is 1. The summed E-state index contributed by atoms with van der Waals surface area (Å²) in [6.45, 7) is 1.90. The zero-order chi connectivity index (χ0) is 22.0. The molecule has 1 fully saturated rings. The molecule has 1 unspecified atom stereocenters.